The number of pyridine rings is 2. The molecule has 168 valence electrons. The van der Waals surface area contributed by atoms with Crippen LogP contribution in [0.2, 0.25) is 0 Å². The number of aromatic amines is 1. The van der Waals surface area contributed by atoms with Crippen molar-refractivity contribution in [3.63, 3.8) is 0 Å². The summed E-state index contributed by atoms with van der Waals surface area (Å²) in [6.07, 6.45) is 5.90. The Labute approximate surface area is 194 Å². The van der Waals surface area contributed by atoms with Crippen LogP contribution in [0.3, 0.4) is 0 Å². The van der Waals surface area contributed by atoms with Gasteiger partial charge in [0.2, 0.25) is 17.3 Å². The molecule has 0 atom stereocenters. The molecule has 3 N–H and O–H groups in total. The molecule has 9 heteroatoms. The van der Waals surface area contributed by atoms with Gasteiger partial charge in [-0.15, -0.1) is 0 Å². The molecule has 0 unspecified atom stereocenters. The van der Waals surface area contributed by atoms with E-state index in [0.717, 1.165) is 11.1 Å². The number of amides is 1. The van der Waals surface area contributed by atoms with E-state index in [4.69, 9.17) is 0 Å². The second-order valence-corrected chi connectivity index (χ2v) is 7.22. The second-order valence-electron chi connectivity index (χ2n) is 7.22. The standard InChI is InChI=1S/C25H19N5O4/c31-23(10-9-17-11-13-26-24(32)14-17)28-20-6-1-4-18(15-20)19-5-2-7-21(16-19)29-25-22(30(33)34)8-3-12-27-25/h1-16H,(H,26,32)(H,27,29)(H,28,31)/b10-9+. The van der Waals surface area contributed by atoms with Crippen molar-refractivity contribution in [3.8, 4) is 11.1 Å². The lowest BCUT2D eigenvalue weighted by atomic mass is 10.0. The van der Waals surface area contributed by atoms with Crippen molar-refractivity contribution in [3.05, 3.63) is 117 Å². The molecule has 0 saturated carbocycles. The summed E-state index contributed by atoms with van der Waals surface area (Å²) in [6, 6.07) is 20.6. The molecule has 2 aromatic carbocycles. The van der Waals surface area contributed by atoms with Gasteiger partial charge >= 0.3 is 5.69 Å². The fourth-order valence-corrected chi connectivity index (χ4v) is 3.25. The summed E-state index contributed by atoms with van der Waals surface area (Å²) in [5.41, 5.74) is 3.17. The largest absolute Gasteiger partial charge is 0.334 e. The number of nitro groups is 1. The van der Waals surface area contributed by atoms with Gasteiger partial charge in [-0.3, -0.25) is 19.7 Å². The zero-order chi connectivity index (χ0) is 23.9. The number of rotatable bonds is 7. The minimum Gasteiger partial charge on any atom is -0.334 e. The molecule has 2 heterocycles. The molecule has 34 heavy (non-hydrogen) atoms. The Bertz CT molecular complexity index is 1440. The molecule has 0 aliphatic rings. The zero-order valence-corrected chi connectivity index (χ0v) is 17.8. The molecule has 2 aromatic heterocycles. The van der Waals surface area contributed by atoms with Crippen LogP contribution in [0, 0.1) is 10.1 Å². The van der Waals surface area contributed by atoms with Crippen LogP contribution < -0.4 is 16.2 Å². The van der Waals surface area contributed by atoms with Crippen molar-refractivity contribution >= 4 is 34.9 Å². The van der Waals surface area contributed by atoms with Gasteiger partial charge in [0.25, 0.3) is 0 Å². The van der Waals surface area contributed by atoms with Gasteiger partial charge in [0.05, 0.1) is 4.92 Å². The number of aromatic nitrogens is 2. The first-order valence-corrected chi connectivity index (χ1v) is 10.2. The molecular formula is C25H19N5O4. The molecule has 0 aliphatic carbocycles. The molecule has 4 rings (SSSR count). The van der Waals surface area contributed by atoms with Gasteiger partial charge in [0.15, 0.2) is 0 Å². The van der Waals surface area contributed by atoms with E-state index in [1.807, 2.05) is 36.4 Å². The quantitative estimate of drug-likeness (QED) is 0.210. The predicted molar refractivity (Wildman–Crippen MR) is 131 cm³/mol. The van der Waals surface area contributed by atoms with E-state index in [0.29, 0.717) is 16.9 Å². The molecule has 0 spiro atoms. The molecule has 0 aliphatic heterocycles. The van der Waals surface area contributed by atoms with Gasteiger partial charge in [0.1, 0.15) is 0 Å². The predicted octanol–water partition coefficient (Wildman–Crippen LogP) is 4.74. The third kappa shape index (κ3) is 5.60. The summed E-state index contributed by atoms with van der Waals surface area (Å²) >= 11 is 0. The van der Waals surface area contributed by atoms with Gasteiger partial charge in [-0.2, -0.15) is 0 Å². The molecule has 0 radical (unpaired) electrons. The summed E-state index contributed by atoms with van der Waals surface area (Å²) in [5, 5.41) is 17.0. The van der Waals surface area contributed by atoms with Gasteiger partial charge in [-0.1, -0.05) is 24.3 Å². The monoisotopic (exact) mass is 453 g/mol. The van der Waals surface area contributed by atoms with E-state index < -0.39 is 4.92 Å². The van der Waals surface area contributed by atoms with Crippen molar-refractivity contribution in [1.29, 1.82) is 0 Å². The first kappa shape index (κ1) is 22.2. The van der Waals surface area contributed by atoms with Crippen LogP contribution in [-0.4, -0.2) is 20.8 Å². The van der Waals surface area contributed by atoms with Crippen LogP contribution in [0.1, 0.15) is 5.56 Å². The Morgan fingerprint density at radius 2 is 1.71 bits per heavy atom. The van der Waals surface area contributed by atoms with Crippen LogP contribution in [-0.2, 0) is 4.79 Å². The summed E-state index contributed by atoms with van der Waals surface area (Å²) in [7, 11) is 0. The summed E-state index contributed by atoms with van der Waals surface area (Å²) in [6.45, 7) is 0. The second kappa shape index (κ2) is 10.0. The maximum atomic E-state index is 12.3. The third-order valence-electron chi connectivity index (χ3n) is 4.80. The minimum atomic E-state index is -0.490. The Kier molecular flexibility index (Phi) is 6.55. The highest BCUT2D eigenvalue weighted by Gasteiger charge is 2.14. The highest BCUT2D eigenvalue weighted by molar-refractivity contribution is 6.02. The normalized spacial score (nSPS) is 10.7. The van der Waals surface area contributed by atoms with E-state index in [1.165, 1.54) is 36.7 Å². The molecule has 0 saturated heterocycles. The van der Waals surface area contributed by atoms with Crippen LogP contribution in [0.25, 0.3) is 17.2 Å². The van der Waals surface area contributed by atoms with Crippen LogP contribution in [0.15, 0.2) is 96.1 Å². The first-order chi connectivity index (χ1) is 16.5. The molecule has 1 amide bonds. The molecular weight excluding hydrogens is 434 g/mol. The van der Waals surface area contributed by atoms with Crippen molar-refractivity contribution < 1.29 is 9.72 Å². The number of anilines is 3. The SMILES string of the molecule is O=C(/C=C/c1cc[nH]c(=O)c1)Nc1cccc(-c2cccc(Nc3ncccc3[N+](=O)[O-])c2)c1. The number of carbonyl (C=O) groups is 1. The third-order valence-corrected chi connectivity index (χ3v) is 4.80. The Morgan fingerprint density at radius 3 is 2.44 bits per heavy atom. The van der Waals surface area contributed by atoms with E-state index in [2.05, 4.69) is 20.6 Å². The van der Waals surface area contributed by atoms with E-state index >= 15 is 0 Å². The number of H-pyrrole nitrogens is 1. The Balaban J connectivity index is 1.50. The molecule has 4 aromatic rings. The van der Waals surface area contributed by atoms with E-state index in [-0.39, 0.29) is 23.0 Å². The van der Waals surface area contributed by atoms with Crippen molar-refractivity contribution in [2.75, 3.05) is 10.6 Å². The highest BCUT2D eigenvalue weighted by Crippen LogP contribution is 2.29. The number of hydrogen-bond donors (Lipinski definition) is 3. The van der Waals surface area contributed by atoms with Crippen LogP contribution >= 0.6 is 0 Å². The lowest BCUT2D eigenvalue weighted by molar-refractivity contribution is -0.384. The van der Waals surface area contributed by atoms with Gasteiger partial charge in [-0.05, 0) is 59.2 Å². The number of hydrogen-bond acceptors (Lipinski definition) is 6. The minimum absolute atomic E-state index is 0.120. The van der Waals surface area contributed by atoms with Crippen LogP contribution in [0.4, 0.5) is 22.9 Å². The maximum Gasteiger partial charge on any atom is 0.311 e. The Hall–Kier alpha value is -5.05. The fraction of sp³-hybridized carbons (Fsp3) is 0. The van der Waals surface area contributed by atoms with Crippen LogP contribution in [0.5, 0.6) is 0 Å². The highest BCUT2D eigenvalue weighted by atomic mass is 16.6. The smallest absolute Gasteiger partial charge is 0.311 e. The van der Waals surface area contributed by atoms with Crippen molar-refractivity contribution in [1.82, 2.24) is 9.97 Å². The topological polar surface area (TPSA) is 130 Å². The van der Waals surface area contributed by atoms with Gasteiger partial charge < -0.3 is 15.6 Å². The van der Waals surface area contributed by atoms with Gasteiger partial charge in [-0.25, -0.2) is 4.98 Å². The number of nitrogens with zero attached hydrogens (tertiary/aromatic N) is 2. The van der Waals surface area contributed by atoms with E-state index in [9.17, 15) is 19.7 Å². The zero-order valence-electron chi connectivity index (χ0n) is 17.8. The molecule has 0 bridgehead atoms. The summed E-state index contributed by atoms with van der Waals surface area (Å²) in [4.78, 5) is 41.0. The molecule has 0 fully saturated rings. The van der Waals surface area contributed by atoms with Crippen molar-refractivity contribution in [2.24, 2.45) is 0 Å². The summed E-state index contributed by atoms with van der Waals surface area (Å²) < 4.78 is 0. The number of nitrogens with one attached hydrogen (secondary N) is 3. The Morgan fingerprint density at radius 1 is 0.971 bits per heavy atom. The lowest BCUT2D eigenvalue weighted by Crippen LogP contribution is -2.08. The van der Waals surface area contributed by atoms with Crippen molar-refractivity contribution in [2.45, 2.75) is 0 Å². The number of carbonyl (C=O) groups excluding carboxylic acids is 1. The van der Waals surface area contributed by atoms with Gasteiger partial charge in [0, 0.05) is 42.0 Å². The maximum absolute atomic E-state index is 12.3. The summed E-state index contributed by atoms with van der Waals surface area (Å²) in [5.74, 6) is -0.187. The average Bonchev–Trinajstić information content (AvgIpc) is 2.83. The molecule has 9 nitrogen and oxygen atoms in total. The average molecular weight is 453 g/mol. The lowest BCUT2D eigenvalue weighted by Gasteiger charge is -2.10. The first-order valence-electron chi connectivity index (χ1n) is 10.2. The number of benzene rings is 2. The van der Waals surface area contributed by atoms with E-state index in [1.54, 1.807) is 24.3 Å². The fourth-order valence-electron chi connectivity index (χ4n) is 3.25.